The second-order valence-electron chi connectivity index (χ2n) is 6.19. The molecule has 0 atom stereocenters. The van der Waals surface area contributed by atoms with E-state index < -0.39 is 5.97 Å². The van der Waals surface area contributed by atoms with Gasteiger partial charge >= 0.3 is 5.97 Å². The van der Waals surface area contributed by atoms with E-state index >= 15 is 0 Å². The van der Waals surface area contributed by atoms with E-state index in [0.29, 0.717) is 29.3 Å². The third-order valence-electron chi connectivity index (χ3n) is 4.23. The second-order valence-corrected chi connectivity index (χ2v) is 6.59. The average Bonchev–Trinajstić information content (AvgIpc) is 2.65. The van der Waals surface area contributed by atoms with Crippen LogP contribution >= 0.6 is 11.6 Å². The maximum atomic E-state index is 11.1. The number of rotatable bonds is 5. The Kier molecular flexibility index (Phi) is 5.49. The number of aromatic carboxylic acids is 1. The van der Waals surface area contributed by atoms with Gasteiger partial charge in [-0.15, -0.1) is 0 Å². The van der Waals surface area contributed by atoms with Crippen LogP contribution in [-0.4, -0.2) is 21.0 Å². The fourth-order valence-corrected chi connectivity index (χ4v) is 3.14. The molecule has 1 aromatic heterocycles. The van der Waals surface area contributed by atoms with E-state index in [4.69, 9.17) is 22.0 Å². The summed E-state index contributed by atoms with van der Waals surface area (Å²) in [5.41, 5.74) is 4.28. The summed E-state index contributed by atoms with van der Waals surface area (Å²) in [6.07, 6.45) is 2.76. The number of nitriles is 1. The first kappa shape index (κ1) is 18.6. The van der Waals surface area contributed by atoms with Gasteiger partial charge in [-0.2, -0.15) is 5.26 Å². The quantitative estimate of drug-likeness (QED) is 0.720. The topological polar surface area (TPSA) is 86.9 Å². The predicted molar refractivity (Wildman–Crippen MR) is 102 cm³/mol. The lowest BCUT2D eigenvalue weighted by molar-refractivity contribution is 0.0696. The summed E-state index contributed by atoms with van der Waals surface area (Å²) in [4.78, 5) is 20.0. The van der Waals surface area contributed by atoms with Crippen molar-refractivity contribution in [3.63, 3.8) is 0 Å². The largest absolute Gasteiger partial charge is 0.478 e. The highest BCUT2D eigenvalue weighted by Crippen LogP contribution is 2.24. The molecule has 0 radical (unpaired) electrons. The van der Waals surface area contributed by atoms with Crippen LogP contribution < -0.4 is 0 Å². The molecule has 3 aromatic rings. The van der Waals surface area contributed by atoms with E-state index in [1.807, 2.05) is 25.1 Å². The number of carbonyl (C=O) groups is 1. The Balaban J connectivity index is 1.82. The van der Waals surface area contributed by atoms with E-state index in [1.165, 1.54) is 6.07 Å². The van der Waals surface area contributed by atoms with Crippen LogP contribution in [0.4, 0.5) is 0 Å². The van der Waals surface area contributed by atoms with Gasteiger partial charge < -0.3 is 5.11 Å². The number of carboxylic acid groups (broad SMARTS) is 1. The third kappa shape index (κ3) is 4.49. The minimum Gasteiger partial charge on any atom is -0.478 e. The van der Waals surface area contributed by atoms with Crippen molar-refractivity contribution >= 4 is 17.6 Å². The summed E-state index contributed by atoms with van der Waals surface area (Å²) < 4.78 is 0. The van der Waals surface area contributed by atoms with Crippen LogP contribution in [0.3, 0.4) is 0 Å². The lowest BCUT2D eigenvalue weighted by Crippen LogP contribution is -2.04. The lowest BCUT2D eigenvalue weighted by Gasteiger charge is -2.10. The summed E-state index contributed by atoms with van der Waals surface area (Å²) >= 11 is 6.29. The molecule has 0 fully saturated rings. The van der Waals surface area contributed by atoms with E-state index in [9.17, 15) is 4.79 Å². The number of hydrogen-bond donors (Lipinski definition) is 1. The Labute approximate surface area is 161 Å². The lowest BCUT2D eigenvalue weighted by atomic mass is 10.0. The number of benzene rings is 2. The Morgan fingerprint density at radius 3 is 2.56 bits per heavy atom. The molecule has 0 saturated heterocycles. The van der Waals surface area contributed by atoms with Crippen molar-refractivity contribution in [3.05, 3.63) is 93.0 Å². The molecule has 3 rings (SSSR count). The zero-order valence-corrected chi connectivity index (χ0v) is 15.4. The minimum absolute atomic E-state index is 0.172. The first-order valence-electron chi connectivity index (χ1n) is 8.28. The van der Waals surface area contributed by atoms with Crippen molar-refractivity contribution in [1.82, 2.24) is 9.97 Å². The maximum Gasteiger partial charge on any atom is 0.335 e. The standard InChI is InChI=1S/C21H16ClN3O2/c1-13-8-16(21(26)27)10-19(22)18(13)11-17-6-7-24-20(25-17)9-14-2-4-15(12-23)5-3-14/h2-8,10H,9,11H2,1H3,(H,26,27). The van der Waals surface area contributed by atoms with Gasteiger partial charge in [0.1, 0.15) is 5.82 Å². The molecule has 0 spiro atoms. The maximum absolute atomic E-state index is 11.1. The fourth-order valence-electron chi connectivity index (χ4n) is 2.81. The molecule has 2 aromatic carbocycles. The molecular formula is C21H16ClN3O2. The number of aryl methyl sites for hydroxylation is 1. The van der Waals surface area contributed by atoms with Crippen molar-refractivity contribution in [2.45, 2.75) is 19.8 Å². The Morgan fingerprint density at radius 1 is 1.19 bits per heavy atom. The summed E-state index contributed by atoms with van der Waals surface area (Å²) in [5.74, 6) is -0.327. The first-order valence-corrected chi connectivity index (χ1v) is 8.66. The number of aromatic nitrogens is 2. The summed E-state index contributed by atoms with van der Waals surface area (Å²) in [7, 11) is 0. The Hall–Kier alpha value is -3.23. The van der Waals surface area contributed by atoms with Gasteiger partial charge in [-0.3, -0.25) is 0 Å². The highest BCUT2D eigenvalue weighted by atomic mass is 35.5. The summed E-state index contributed by atoms with van der Waals surface area (Å²) in [6, 6.07) is 14.3. The van der Waals surface area contributed by atoms with Gasteiger partial charge in [0, 0.05) is 29.8 Å². The highest BCUT2D eigenvalue weighted by molar-refractivity contribution is 6.31. The molecule has 27 heavy (non-hydrogen) atoms. The van der Waals surface area contributed by atoms with Crippen LogP contribution in [0.15, 0.2) is 48.7 Å². The van der Waals surface area contributed by atoms with Gasteiger partial charge in [-0.25, -0.2) is 14.8 Å². The number of hydrogen-bond acceptors (Lipinski definition) is 4. The van der Waals surface area contributed by atoms with Crippen molar-refractivity contribution < 1.29 is 9.90 Å². The van der Waals surface area contributed by atoms with Gasteiger partial charge in [-0.1, -0.05) is 23.7 Å². The molecule has 0 aliphatic rings. The van der Waals surface area contributed by atoms with Gasteiger partial charge in [0.2, 0.25) is 0 Å². The average molecular weight is 378 g/mol. The summed E-state index contributed by atoms with van der Waals surface area (Å²) in [5, 5.41) is 18.4. The molecule has 0 aliphatic carbocycles. The Bertz CT molecular complexity index is 1020. The zero-order valence-electron chi connectivity index (χ0n) is 14.6. The van der Waals surface area contributed by atoms with E-state index in [2.05, 4.69) is 16.0 Å². The Morgan fingerprint density at radius 2 is 1.93 bits per heavy atom. The number of halogens is 1. The van der Waals surface area contributed by atoms with Crippen molar-refractivity contribution in [1.29, 1.82) is 5.26 Å². The van der Waals surface area contributed by atoms with E-state index in [-0.39, 0.29) is 5.56 Å². The van der Waals surface area contributed by atoms with Crippen LogP contribution in [-0.2, 0) is 12.8 Å². The molecule has 6 heteroatoms. The van der Waals surface area contributed by atoms with Crippen LogP contribution in [0.1, 0.15) is 44.1 Å². The number of carboxylic acids is 1. The zero-order chi connectivity index (χ0) is 19.4. The van der Waals surface area contributed by atoms with Crippen molar-refractivity contribution in [2.24, 2.45) is 0 Å². The van der Waals surface area contributed by atoms with Crippen LogP contribution in [0, 0.1) is 18.3 Å². The van der Waals surface area contributed by atoms with Gasteiger partial charge in [0.05, 0.1) is 17.2 Å². The molecule has 1 N–H and O–H groups in total. The first-order chi connectivity index (χ1) is 13.0. The molecule has 1 heterocycles. The molecule has 0 aliphatic heterocycles. The normalized spacial score (nSPS) is 10.4. The monoisotopic (exact) mass is 377 g/mol. The fraction of sp³-hybridized carbons (Fsp3) is 0.143. The molecular weight excluding hydrogens is 362 g/mol. The van der Waals surface area contributed by atoms with Crippen molar-refractivity contribution in [3.8, 4) is 6.07 Å². The molecule has 0 bridgehead atoms. The predicted octanol–water partition coefficient (Wildman–Crippen LogP) is 4.19. The smallest absolute Gasteiger partial charge is 0.335 e. The highest BCUT2D eigenvalue weighted by Gasteiger charge is 2.12. The third-order valence-corrected chi connectivity index (χ3v) is 4.57. The van der Waals surface area contributed by atoms with E-state index in [0.717, 1.165) is 22.4 Å². The van der Waals surface area contributed by atoms with Gasteiger partial charge in [-0.05, 0) is 53.9 Å². The number of nitrogens with zero attached hydrogens (tertiary/aromatic N) is 3. The summed E-state index contributed by atoms with van der Waals surface area (Å²) in [6.45, 7) is 1.84. The van der Waals surface area contributed by atoms with Gasteiger partial charge in [0.15, 0.2) is 0 Å². The SMILES string of the molecule is Cc1cc(C(=O)O)cc(Cl)c1Cc1ccnc(Cc2ccc(C#N)cc2)n1. The van der Waals surface area contributed by atoms with Crippen LogP contribution in [0.2, 0.25) is 5.02 Å². The molecule has 134 valence electrons. The van der Waals surface area contributed by atoms with Crippen LogP contribution in [0.5, 0.6) is 0 Å². The molecule has 5 nitrogen and oxygen atoms in total. The minimum atomic E-state index is -1.00. The molecule has 0 amide bonds. The van der Waals surface area contributed by atoms with Crippen LogP contribution in [0.25, 0.3) is 0 Å². The second kappa shape index (κ2) is 7.98. The van der Waals surface area contributed by atoms with E-state index in [1.54, 1.807) is 24.4 Å². The molecule has 0 saturated carbocycles. The molecule has 0 unspecified atom stereocenters. The van der Waals surface area contributed by atoms with Crippen molar-refractivity contribution in [2.75, 3.05) is 0 Å². The van der Waals surface area contributed by atoms with Gasteiger partial charge in [0.25, 0.3) is 0 Å².